The lowest BCUT2D eigenvalue weighted by atomic mass is 9.49. The van der Waals surface area contributed by atoms with E-state index in [9.17, 15) is 14.4 Å². The Morgan fingerprint density at radius 2 is 0.781 bits per heavy atom. The van der Waals surface area contributed by atoms with Crippen LogP contribution in [0.1, 0.15) is 306 Å². The second-order valence-corrected chi connectivity index (χ2v) is 24.9. The number of hydrogen-bond acceptors (Lipinski definition) is 7. The van der Waals surface area contributed by atoms with Gasteiger partial charge in [-0.05, 0) is 89.8 Å². The van der Waals surface area contributed by atoms with E-state index in [4.69, 9.17) is 14.2 Å². The third kappa shape index (κ3) is 29.5. The molecule has 0 saturated heterocycles. The first-order chi connectivity index (χ1) is 35.2. The first kappa shape index (κ1) is 67.3. The van der Waals surface area contributed by atoms with Crippen LogP contribution in [0.4, 0.5) is 8.78 Å². The van der Waals surface area contributed by atoms with Crippen molar-refractivity contribution in [2.45, 2.75) is 318 Å². The number of hydrogen-bond donors (Lipinski definition) is 0. The Labute approximate surface area is 450 Å². The molecule has 2 aliphatic carbocycles. The van der Waals surface area contributed by atoms with E-state index in [0.717, 1.165) is 122 Å². The van der Waals surface area contributed by atoms with Gasteiger partial charge in [0.25, 0.3) is 0 Å². The van der Waals surface area contributed by atoms with Crippen LogP contribution in [0.25, 0.3) is 0 Å². The molecular formula is C64H119F2NO6. The van der Waals surface area contributed by atoms with E-state index < -0.39 is 35.1 Å². The van der Waals surface area contributed by atoms with E-state index in [1.165, 1.54) is 103 Å². The quantitative estimate of drug-likeness (QED) is 0.0341. The molecule has 6 unspecified atom stereocenters. The Bertz CT molecular complexity index is 1360. The van der Waals surface area contributed by atoms with Gasteiger partial charge in [-0.15, -0.1) is 0 Å². The van der Waals surface area contributed by atoms with Crippen molar-refractivity contribution in [3.05, 3.63) is 0 Å². The number of rotatable bonds is 48. The number of nitrogens with zero attached hydrogens (tertiary/aromatic N) is 1. The summed E-state index contributed by atoms with van der Waals surface area (Å²) >= 11 is 0. The summed E-state index contributed by atoms with van der Waals surface area (Å²) < 4.78 is 51.4. The third-order valence-corrected chi connectivity index (χ3v) is 17.3. The van der Waals surface area contributed by atoms with E-state index in [1.807, 2.05) is 0 Å². The summed E-state index contributed by atoms with van der Waals surface area (Å²) in [5.41, 5.74) is -1.37. The number of unbranched alkanes of at least 4 members (excludes halogenated alkanes) is 24. The SMILES string of the molecule is CCCCCCCCCC(CCCCCCCCC)C(F)C(=O)OCC1(C)CC2CC(C)(COC(=O)CCCN(CC)CC)CC(COC(=O)C(F)C(CCCCCCCCC)CCCCCCCCC)(C2)C1. The van der Waals surface area contributed by atoms with Gasteiger partial charge in [0.15, 0.2) is 12.3 Å². The minimum atomic E-state index is -1.67. The fourth-order valence-electron chi connectivity index (χ4n) is 13.4. The second kappa shape index (κ2) is 40.4. The minimum Gasteiger partial charge on any atom is -0.465 e. The predicted octanol–water partition coefficient (Wildman–Crippen LogP) is 18.8. The summed E-state index contributed by atoms with van der Waals surface area (Å²) in [7, 11) is 0. The van der Waals surface area contributed by atoms with Crippen molar-refractivity contribution in [1.82, 2.24) is 4.90 Å². The summed E-state index contributed by atoms with van der Waals surface area (Å²) in [5, 5.41) is 0. The maximum absolute atomic E-state index is 16.6. The molecule has 9 heteroatoms. The van der Waals surface area contributed by atoms with Crippen LogP contribution in [0.15, 0.2) is 0 Å². The summed E-state index contributed by atoms with van der Waals surface area (Å²) in [6.07, 6.45) is 36.6. The standard InChI is InChI=1S/C64H119F2NO6/c1-9-15-19-23-27-31-35-40-55(41-36-32-28-24-20-16-10-2)58(65)60(69)72-52-63(8)47-54-46-62(7,51-71-57(68)44-39-45-67(13-5)14-6)49-64(48-54,50-63)53-73-61(70)59(66)56(42-37-33-29-25-21-17-11-3)43-38-34-30-26-22-18-12-4/h54-56,58-59H,9-53H2,1-8H3. The molecule has 0 aromatic rings. The molecule has 2 bridgehead atoms. The van der Waals surface area contributed by atoms with E-state index >= 15 is 8.78 Å². The van der Waals surface area contributed by atoms with Gasteiger partial charge in [-0.2, -0.15) is 0 Å². The summed E-state index contributed by atoms with van der Waals surface area (Å²) in [4.78, 5) is 43.3. The number of alkyl halides is 2. The van der Waals surface area contributed by atoms with Gasteiger partial charge in [-0.25, -0.2) is 18.4 Å². The number of halogens is 2. The van der Waals surface area contributed by atoms with Gasteiger partial charge in [-0.3, -0.25) is 4.79 Å². The van der Waals surface area contributed by atoms with E-state index in [1.54, 1.807) is 0 Å². The lowest BCUT2D eigenvalue weighted by Crippen LogP contribution is -2.52. The van der Waals surface area contributed by atoms with Crippen molar-refractivity contribution in [3.63, 3.8) is 0 Å². The van der Waals surface area contributed by atoms with E-state index in [0.29, 0.717) is 44.9 Å². The van der Waals surface area contributed by atoms with Crippen LogP contribution in [0, 0.1) is 34.0 Å². The van der Waals surface area contributed by atoms with Crippen LogP contribution in [0.3, 0.4) is 0 Å². The second-order valence-electron chi connectivity index (χ2n) is 24.9. The smallest absolute Gasteiger partial charge is 0.341 e. The van der Waals surface area contributed by atoms with Crippen molar-refractivity contribution in [1.29, 1.82) is 0 Å². The molecule has 430 valence electrons. The molecule has 2 rings (SSSR count). The molecule has 0 aromatic heterocycles. The molecule has 0 heterocycles. The molecule has 2 aliphatic rings. The van der Waals surface area contributed by atoms with E-state index in [2.05, 4.69) is 60.3 Å². The van der Waals surface area contributed by atoms with Gasteiger partial charge in [-0.1, -0.05) is 235 Å². The zero-order chi connectivity index (χ0) is 53.6. The Hall–Kier alpha value is -1.77. The molecule has 73 heavy (non-hydrogen) atoms. The normalized spacial score (nSPS) is 21.7. The minimum absolute atomic E-state index is 0.0754. The van der Waals surface area contributed by atoms with Crippen LogP contribution in [0.5, 0.6) is 0 Å². The maximum Gasteiger partial charge on any atom is 0.341 e. The van der Waals surface area contributed by atoms with Crippen LogP contribution >= 0.6 is 0 Å². The van der Waals surface area contributed by atoms with E-state index in [-0.39, 0.29) is 49.0 Å². The van der Waals surface area contributed by atoms with Crippen LogP contribution in [-0.4, -0.2) is 74.6 Å². The molecule has 2 fully saturated rings. The average molecular weight is 1040 g/mol. The van der Waals surface area contributed by atoms with Gasteiger partial charge in [0, 0.05) is 34.5 Å². The molecule has 2 saturated carbocycles. The fourth-order valence-corrected chi connectivity index (χ4v) is 13.4. The molecule has 0 aliphatic heterocycles. The first-order valence-electron chi connectivity index (χ1n) is 31.7. The number of carbonyl (C=O) groups is 3. The summed E-state index contributed by atoms with van der Waals surface area (Å²) in [6.45, 7) is 20.7. The summed E-state index contributed by atoms with van der Waals surface area (Å²) in [6, 6.07) is 0. The number of ether oxygens (including phenoxy) is 3. The first-order valence-corrected chi connectivity index (χ1v) is 31.7. The molecular weight excluding hydrogens is 917 g/mol. The summed E-state index contributed by atoms with van der Waals surface area (Å²) in [5.74, 6) is -2.18. The van der Waals surface area contributed by atoms with Crippen molar-refractivity contribution >= 4 is 17.9 Å². The molecule has 0 amide bonds. The van der Waals surface area contributed by atoms with Crippen molar-refractivity contribution < 1.29 is 37.4 Å². The lowest BCUT2D eigenvalue weighted by molar-refractivity contribution is -0.174. The third-order valence-electron chi connectivity index (χ3n) is 17.3. The zero-order valence-corrected chi connectivity index (χ0v) is 49.4. The topological polar surface area (TPSA) is 82.1 Å². The highest BCUT2D eigenvalue weighted by atomic mass is 19.1. The highest BCUT2D eigenvalue weighted by Gasteiger charge is 2.55. The fraction of sp³-hybridized carbons (Fsp3) is 0.953. The highest BCUT2D eigenvalue weighted by Crippen LogP contribution is 2.61. The Morgan fingerprint density at radius 3 is 1.14 bits per heavy atom. The largest absolute Gasteiger partial charge is 0.465 e. The molecule has 0 aromatic carbocycles. The Morgan fingerprint density at radius 1 is 0.452 bits per heavy atom. The zero-order valence-electron chi connectivity index (χ0n) is 49.4. The Kier molecular flexibility index (Phi) is 37.3. The lowest BCUT2D eigenvalue weighted by Gasteiger charge is -2.57. The number of esters is 3. The molecule has 0 spiro atoms. The van der Waals surface area contributed by atoms with Crippen molar-refractivity contribution in [2.75, 3.05) is 39.5 Å². The van der Waals surface area contributed by atoms with Gasteiger partial charge >= 0.3 is 17.9 Å². The maximum atomic E-state index is 16.6. The van der Waals surface area contributed by atoms with Crippen LogP contribution < -0.4 is 0 Å². The van der Waals surface area contributed by atoms with Gasteiger partial charge in [0.2, 0.25) is 0 Å². The monoisotopic (exact) mass is 1040 g/mol. The van der Waals surface area contributed by atoms with Gasteiger partial charge < -0.3 is 19.1 Å². The van der Waals surface area contributed by atoms with Crippen LogP contribution in [-0.2, 0) is 28.6 Å². The molecule has 6 atom stereocenters. The number of fused-ring (bicyclic) bond motifs is 2. The van der Waals surface area contributed by atoms with Crippen molar-refractivity contribution in [2.24, 2.45) is 34.0 Å². The van der Waals surface area contributed by atoms with Gasteiger partial charge in [0.05, 0.1) is 19.8 Å². The number of carbonyl (C=O) groups excluding carboxylic acids is 3. The predicted molar refractivity (Wildman–Crippen MR) is 302 cm³/mol. The highest BCUT2D eigenvalue weighted by molar-refractivity contribution is 5.75. The molecule has 0 N–H and O–H groups in total. The molecule has 0 radical (unpaired) electrons. The Balaban J connectivity index is 2.25. The van der Waals surface area contributed by atoms with Gasteiger partial charge in [0.1, 0.15) is 0 Å². The van der Waals surface area contributed by atoms with Crippen molar-refractivity contribution in [3.8, 4) is 0 Å². The van der Waals surface area contributed by atoms with Crippen LogP contribution in [0.2, 0.25) is 0 Å². The molecule has 7 nitrogen and oxygen atoms in total. The average Bonchev–Trinajstić information content (AvgIpc) is 3.37.